The van der Waals surface area contributed by atoms with Gasteiger partial charge in [-0.1, -0.05) is 20.3 Å². The predicted octanol–water partition coefficient (Wildman–Crippen LogP) is 2.07. The zero-order valence-corrected chi connectivity index (χ0v) is 13.2. The molecule has 3 nitrogen and oxygen atoms in total. The quantitative estimate of drug-likeness (QED) is 0.774. The summed E-state index contributed by atoms with van der Waals surface area (Å²) in [7, 11) is 2.24. The number of rotatable bonds is 6. The third-order valence-corrected chi connectivity index (χ3v) is 5.75. The molecule has 0 atom stereocenters. The molecule has 1 heterocycles. The Bertz CT molecular complexity index is 270. The molecule has 1 aliphatic carbocycles. The molecule has 0 aromatic heterocycles. The molecule has 0 aromatic rings. The number of hydrogen-bond acceptors (Lipinski definition) is 3. The Kier molecular flexibility index (Phi) is 4.91. The monoisotopic (exact) mass is 267 g/mol. The van der Waals surface area contributed by atoms with Crippen LogP contribution in [0, 0.1) is 16.7 Å². The molecule has 0 spiro atoms. The van der Waals surface area contributed by atoms with Crippen LogP contribution in [0.5, 0.6) is 0 Å². The van der Waals surface area contributed by atoms with Crippen molar-refractivity contribution < 1.29 is 0 Å². The molecule has 1 saturated heterocycles. The van der Waals surface area contributed by atoms with Crippen molar-refractivity contribution in [3.8, 4) is 0 Å². The van der Waals surface area contributed by atoms with Crippen molar-refractivity contribution in [3.63, 3.8) is 0 Å². The van der Waals surface area contributed by atoms with Crippen molar-refractivity contribution in [2.45, 2.75) is 46.0 Å². The van der Waals surface area contributed by atoms with Gasteiger partial charge in [0.05, 0.1) is 0 Å². The van der Waals surface area contributed by atoms with Gasteiger partial charge in [-0.05, 0) is 69.1 Å². The third kappa shape index (κ3) is 3.71. The van der Waals surface area contributed by atoms with Crippen LogP contribution in [0.4, 0.5) is 0 Å². The molecule has 0 aromatic carbocycles. The van der Waals surface area contributed by atoms with Crippen molar-refractivity contribution in [1.82, 2.24) is 10.2 Å². The van der Waals surface area contributed by atoms with Crippen molar-refractivity contribution in [2.24, 2.45) is 22.5 Å². The van der Waals surface area contributed by atoms with Crippen LogP contribution < -0.4 is 11.1 Å². The van der Waals surface area contributed by atoms with Crippen molar-refractivity contribution in [2.75, 3.05) is 39.8 Å². The van der Waals surface area contributed by atoms with Gasteiger partial charge in [0.15, 0.2) is 0 Å². The second-order valence-corrected chi connectivity index (χ2v) is 7.73. The van der Waals surface area contributed by atoms with Gasteiger partial charge in [-0.3, -0.25) is 0 Å². The third-order valence-electron chi connectivity index (χ3n) is 5.75. The molecular formula is C16H33N3. The summed E-state index contributed by atoms with van der Waals surface area (Å²) >= 11 is 0. The molecule has 19 heavy (non-hydrogen) atoms. The van der Waals surface area contributed by atoms with Crippen LogP contribution in [0.2, 0.25) is 0 Å². The minimum atomic E-state index is 0.417. The Balaban J connectivity index is 1.74. The first kappa shape index (κ1) is 15.3. The van der Waals surface area contributed by atoms with Crippen LogP contribution in [0.15, 0.2) is 0 Å². The summed E-state index contributed by atoms with van der Waals surface area (Å²) in [6.45, 7) is 10.5. The SMILES string of the molecule is CN1CCC(C(C)(C)CNCC2(CN)CCC2)CC1. The molecule has 112 valence electrons. The molecule has 3 N–H and O–H groups in total. The van der Waals surface area contributed by atoms with Crippen LogP contribution >= 0.6 is 0 Å². The van der Waals surface area contributed by atoms with E-state index in [2.05, 4.69) is 31.1 Å². The van der Waals surface area contributed by atoms with Gasteiger partial charge >= 0.3 is 0 Å². The van der Waals surface area contributed by atoms with Gasteiger partial charge in [0.2, 0.25) is 0 Å². The smallest absolute Gasteiger partial charge is 0.00201 e. The summed E-state index contributed by atoms with van der Waals surface area (Å²) in [5.74, 6) is 0.867. The fourth-order valence-corrected chi connectivity index (χ4v) is 3.71. The lowest BCUT2D eigenvalue weighted by Gasteiger charge is -2.44. The van der Waals surface area contributed by atoms with E-state index in [4.69, 9.17) is 5.73 Å². The standard InChI is InChI=1S/C16H33N3/c1-15(2,14-5-9-19(3)10-6-14)12-18-13-16(11-17)7-4-8-16/h14,18H,4-13,17H2,1-3H3. The molecule has 1 aliphatic heterocycles. The Morgan fingerprint density at radius 1 is 1.26 bits per heavy atom. The molecule has 0 unspecified atom stereocenters. The normalized spacial score (nSPS) is 25.3. The Hall–Kier alpha value is -0.120. The van der Waals surface area contributed by atoms with E-state index in [1.54, 1.807) is 0 Å². The topological polar surface area (TPSA) is 41.3 Å². The zero-order chi connectivity index (χ0) is 13.9. The van der Waals surface area contributed by atoms with Gasteiger partial charge in [-0.15, -0.1) is 0 Å². The van der Waals surface area contributed by atoms with Crippen molar-refractivity contribution in [3.05, 3.63) is 0 Å². The molecule has 0 radical (unpaired) electrons. The second-order valence-electron chi connectivity index (χ2n) is 7.73. The molecule has 2 aliphatic rings. The molecular weight excluding hydrogens is 234 g/mol. The van der Waals surface area contributed by atoms with E-state index < -0.39 is 0 Å². The highest BCUT2D eigenvalue weighted by atomic mass is 15.1. The van der Waals surface area contributed by atoms with Crippen molar-refractivity contribution in [1.29, 1.82) is 0 Å². The van der Waals surface area contributed by atoms with E-state index in [0.29, 0.717) is 10.8 Å². The lowest BCUT2D eigenvalue weighted by atomic mass is 9.68. The van der Waals surface area contributed by atoms with Crippen molar-refractivity contribution >= 4 is 0 Å². The average Bonchev–Trinajstić information content (AvgIpc) is 2.33. The Morgan fingerprint density at radius 3 is 2.37 bits per heavy atom. The number of nitrogens with two attached hydrogens (primary N) is 1. The van der Waals surface area contributed by atoms with Crippen LogP contribution in [-0.4, -0.2) is 44.7 Å². The van der Waals surface area contributed by atoms with E-state index in [1.165, 1.54) is 45.2 Å². The van der Waals surface area contributed by atoms with E-state index in [9.17, 15) is 0 Å². The van der Waals surface area contributed by atoms with E-state index in [1.807, 2.05) is 0 Å². The summed E-state index contributed by atoms with van der Waals surface area (Å²) in [6.07, 6.45) is 6.73. The summed E-state index contributed by atoms with van der Waals surface area (Å²) in [6, 6.07) is 0. The molecule has 3 heteroatoms. The van der Waals surface area contributed by atoms with Gasteiger partial charge in [0.1, 0.15) is 0 Å². The summed E-state index contributed by atoms with van der Waals surface area (Å²) < 4.78 is 0. The molecule has 0 bridgehead atoms. The zero-order valence-electron chi connectivity index (χ0n) is 13.2. The van der Waals surface area contributed by atoms with Crippen LogP contribution in [0.3, 0.4) is 0 Å². The number of nitrogens with one attached hydrogen (secondary N) is 1. The van der Waals surface area contributed by atoms with E-state index >= 15 is 0 Å². The lowest BCUT2D eigenvalue weighted by Crippen LogP contribution is -2.48. The van der Waals surface area contributed by atoms with E-state index in [-0.39, 0.29) is 0 Å². The average molecular weight is 267 g/mol. The highest BCUT2D eigenvalue weighted by molar-refractivity contribution is 4.92. The minimum absolute atomic E-state index is 0.417. The lowest BCUT2D eigenvalue weighted by molar-refractivity contribution is 0.0963. The summed E-state index contributed by atoms with van der Waals surface area (Å²) in [4.78, 5) is 2.46. The van der Waals surface area contributed by atoms with Crippen LogP contribution in [0.25, 0.3) is 0 Å². The first-order chi connectivity index (χ1) is 8.97. The van der Waals surface area contributed by atoms with Crippen LogP contribution in [0.1, 0.15) is 46.0 Å². The first-order valence-electron chi connectivity index (χ1n) is 8.07. The number of hydrogen-bond donors (Lipinski definition) is 2. The predicted molar refractivity (Wildman–Crippen MR) is 82.2 cm³/mol. The maximum Gasteiger partial charge on any atom is 0.00201 e. The van der Waals surface area contributed by atoms with Crippen LogP contribution in [-0.2, 0) is 0 Å². The van der Waals surface area contributed by atoms with Gasteiger partial charge in [0, 0.05) is 13.1 Å². The molecule has 0 amide bonds. The number of piperidine rings is 1. The van der Waals surface area contributed by atoms with E-state index in [0.717, 1.165) is 25.6 Å². The largest absolute Gasteiger partial charge is 0.330 e. The van der Waals surface area contributed by atoms with Gasteiger partial charge in [-0.25, -0.2) is 0 Å². The highest BCUT2D eigenvalue weighted by Crippen LogP contribution is 2.40. The van der Waals surface area contributed by atoms with Gasteiger partial charge in [-0.2, -0.15) is 0 Å². The van der Waals surface area contributed by atoms with Gasteiger partial charge in [0.25, 0.3) is 0 Å². The Labute approximate surface area is 119 Å². The summed E-state index contributed by atoms with van der Waals surface area (Å²) in [5.41, 5.74) is 6.78. The molecule has 1 saturated carbocycles. The molecule has 2 rings (SSSR count). The maximum absolute atomic E-state index is 5.93. The number of likely N-dealkylation sites (tertiary alicyclic amines) is 1. The fraction of sp³-hybridized carbons (Fsp3) is 1.00. The Morgan fingerprint density at radius 2 is 1.89 bits per heavy atom. The molecule has 2 fully saturated rings. The fourth-order valence-electron chi connectivity index (χ4n) is 3.71. The highest BCUT2D eigenvalue weighted by Gasteiger charge is 2.36. The number of nitrogens with zero attached hydrogens (tertiary/aromatic N) is 1. The summed E-state index contributed by atoms with van der Waals surface area (Å²) in [5, 5.41) is 3.73. The van der Waals surface area contributed by atoms with Gasteiger partial charge < -0.3 is 16.0 Å². The first-order valence-corrected chi connectivity index (χ1v) is 8.07. The maximum atomic E-state index is 5.93. The minimum Gasteiger partial charge on any atom is -0.330 e. The second kappa shape index (κ2) is 6.11.